The first kappa shape index (κ1) is 13.7. The van der Waals surface area contributed by atoms with Crippen molar-refractivity contribution in [3.63, 3.8) is 0 Å². The molecule has 0 spiro atoms. The highest BCUT2D eigenvalue weighted by Gasteiger charge is 2.11. The number of aryl methyl sites for hydroxylation is 1. The third kappa shape index (κ3) is 2.93. The zero-order valence-electron chi connectivity index (χ0n) is 11.9. The van der Waals surface area contributed by atoms with Crippen LogP contribution in [0.25, 0.3) is 11.4 Å². The summed E-state index contributed by atoms with van der Waals surface area (Å²) in [5.74, 6) is -0.361. The first-order chi connectivity index (χ1) is 10.7. The van der Waals surface area contributed by atoms with Gasteiger partial charge in [0.05, 0.1) is 17.6 Å². The summed E-state index contributed by atoms with van der Waals surface area (Å²) in [6.45, 7) is 0. The highest BCUT2D eigenvalue weighted by atomic mass is 16.2. The number of carbonyl (C=O) groups excluding carboxylic acids is 1. The van der Waals surface area contributed by atoms with Crippen molar-refractivity contribution < 1.29 is 4.79 Å². The van der Waals surface area contributed by atoms with E-state index in [0.717, 1.165) is 5.69 Å². The van der Waals surface area contributed by atoms with E-state index in [1.165, 1.54) is 6.21 Å². The SMILES string of the molecule is Cn1cccc1-c1cc(C(=O)NN=Cc2ccccn2)[nH]n1. The number of pyridine rings is 1. The van der Waals surface area contributed by atoms with Crippen LogP contribution in [0.15, 0.2) is 53.9 Å². The number of aromatic amines is 1. The van der Waals surface area contributed by atoms with Crippen LogP contribution in [0.2, 0.25) is 0 Å². The molecule has 1 amide bonds. The number of amides is 1. The number of carbonyl (C=O) groups is 1. The standard InChI is InChI=1S/C15H14N6O/c1-21-8-4-6-14(21)12-9-13(19-18-12)15(22)20-17-10-11-5-2-3-7-16-11/h2-10H,1H3,(H,18,19)(H,20,22). The van der Waals surface area contributed by atoms with Crippen LogP contribution in [0.1, 0.15) is 16.2 Å². The van der Waals surface area contributed by atoms with Gasteiger partial charge in [0, 0.05) is 19.4 Å². The molecule has 0 aliphatic heterocycles. The maximum absolute atomic E-state index is 12.0. The molecule has 0 saturated carbocycles. The molecule has 0 saturated heterocycles. The van der Waals surface area contributed by atoms with Gasteiger partial charge in [-0.2, -0.15) is 10.2 Å². The van der Waals surface area contributed by atoms with Crippen molar-refractivity contribution in [3.8, 4) is 11.4 Å². The summed E-state index contributed by atoms with van der Waals surface area (Å²) >= 11 is 0. The number of hydrogen-bond acceptors (Lipinski definition) is 4. The van der Waals surface area contributed by atoms with E-state index < -0.39 is 0 Å². The summed E-state index contributed by atoms with van der Waals surface area (Å²) in [7, 11) is 1.92. The van der Waals surface area contributed by atoms with Gasteiger partial charge in [0.25, 0.3) is 5.91 Å². The quantitative estimate of drug-likeness (QED) is 0.565. The molecule has 7 nitrogen and oxygen atoms in total. The molecule has 0 radical (unpaired) electrons. The zero-order chi connectivity index (χ0) is 15.4. The van der Waals surface area contributed by atoms with E-state index in [1.54, 1.807) is 18.3 Å². The van der Waals surface area contributed by atoms with Gasteiger partial charge < -0.3 is 4.57 Å². The summed E-state index contributed by atoms with van der Waals surface area (Å²) in [5, 5.41) is 10.7. The smallest absolute Gasteiger partial charge is 0.289 e. The Morgan fingerprint density at radius 3 is 3.00 bits per heavy atom. The number of hydrazone groups is 1. The van der Waals surface area contributed by atoms with Crippen molar-refractivity contribution in [1.82, 2.24) is 25.2 Å². The summed E-state index contributed by atoms with van der Waals surface area (Å²) in [6.07, 6.45) is 5.05. The predicted molar refractivity (Wildman–Crippen MR) is 82.3 cm³/mol. The summed E-state index contributed by atoms with van der Waals surface area (Å²) < 4.78 is 1.93. The van der Waals surface area contributed by atoms with Gasteiger partial charge in [0.15, 0.2) is 0 Å². The number of rotatable bonds is 4. The molecule has 110 valence electrons. The van der Waals surface area contributed by atoms with E-state index in [0.29, 0.717) is 17.1 Å². The van der Waals surface area contributed by atoms with Crippen LogP contribution in [0.4, 0.5) is 0 Å². The van der Waals surface area contributed by atoms with Crippen LogP contribution in [0.5, 0.6) is 0 Å². The molecule has 0 aliphatic carbocycles. The Bertz CT molecular complexity index is 802. The van der Waals surface area contributed by atoms with Crippen molar-refractivity contribution in [2.75, 3.05) is 0 Å². The number of nitrogens with one attached hydrogen (secondary N) is 2. The molecule has 2 N–H and O–H groups in total. The van der Waals surface area contributed by atoms with E-state index in [1.807, 2.05) is 42.1 Å². The van der Waals surface area contributed by atoms with Crippen LogP contribution < -0.4 is 5.43 Å². The van der Waals surface area contributed by atoms with Gasteiger partial charge in [0.2, 0.25) is 0 Å². The number of nitrogens with zero attached hydrogens (tertiary/aromatic N) is 4. The summed E-state index contributed by atoms with van der Waals surface area (Å²) in [6, 6.07) is 11.0. The highest BCUT2D eigenvalue weighted by molar-refractivity contribution is 5.93. The van der Waals surface area contributed by atoms with Crippen molar-refractivity contribution in [3.05, 3.63) is 60.2 Å². The van der Waals surface area contributed by atoms with Crippen molar-refractivity contribution in [2.45, 2.75) is 0 Å². The van der Waals surface area contributed by atoms with E-state index in [-0.39, 0.29) is 5.91 Å². The van der Waals surface area contributed by atoms with Crippen LogP contribution in [-0.2, 0) is 7.05 Å². The van der Waals surface area contributed by atoms with Crippen molar-refractivity contribution in [1.29, 1.82) is 0 Å². The molecule has 3 rings (SSSR count). The van der Waals surface area contributed by atoms with Crippen LogP contribution in [0, 0.1) is 0 Å². The second-order valence-electron chi connectivity index (χ2n) is 4.62. The predicted octanol–water partition coefficient (Wildman–Crippen LogP) is 1.57. The molecular weight excluding hydrogens is 280 g/mol. The fraction of sp³-hybridized carbons (Fsp3) is 0.0667. The molecule has 0 aliphatic rings. The van der Waals surface area contributed by atoms with E-state index >= 15 is 0 Å². The van der Waals surface area contributed by atoms with Gasteiger partial charge in [-0.15, -0.1) is 0 Å². The molecule has 0 fully saturated rings. The molecule has 3 aromatic heterocycles. The van der Waals surface area contributed by atoms with Crippen molar-refractivity contribution in [2.24, 2.45) is 12.1 Å². The van der Waals surface area contributed by atoms with Crippen LogP contribution in [0.3, 0.4) is 0 Å². The lowest BCUT2D eigenvalue weighted by Crippen LogP contribution is -2.18. The third-order valence-electron chi connectivity index (χ3n) is 3.08. The molecule has 3 heterocycles. The maximum Gasteiger partial charge on any atom is 0.289 e. The first-order valence-electron chi connectivity index (χ1n) is 6.65. The lowest BCUT2D eigenvalue weighted by Gasteiger charge is -1.97. The van der Waals surface area contributed by atoms with E-state index in [9.17, 15) is 4.79 Å². The molecule has 0 unspecified atom stereocenters. The lowest BCUT2D eigenvalue weighted by atomic mass is 10.3. The minimum Gasteiger partial charge on any atom is -0.349 e. The van der Waals surface area contributed by atoms with Crippen LogP contribution in [-0.4, -0.2) is 31.9 Å². The molecule has 0 bridgehead atoms. The minimum atomic E-state index is -0.361. The normalized spacial score (nSPS) is 11.0. The second kappa shape index (κ2) is 6.04. The average molecular weight is 294 g/mol. The molecule has 7 heteroatoms. The monoisotopic (exact) mass is 294 g/mol. The van der Waals surface area contributed by atoms with Gasteiger partial charge in [-0.1, -0.05) is 6.07 Å². The van der Waals surface area contributed by atoms with Gasteiger partial charge >= 0.3 is 0 Å². The summed E-state index contributed by atoms with van der Waals surface area (Å²) in [4.78, 5) is 16.1. The Hall–Kier alpha value is -3.22. The lowest BCUT2D eigenvalue weighted by molar-refractivity contribution is 0.0950. The second-order valence-corrected chi connectivity index (χ2v) is 4.62. The Balaban J connectivity index is 1.67. The molecule has 0 atom stereocenters. The molecule has 0 aromatic carbocycles. The Morgan fingerprint density at radius 1 is 1.36 bits per heavy atom. The van der Waals surface area contributed by atoms with Crippen LogP contribution >= 0.6 is 0 Å². The van der Waals surface area contributed by atoms with E-state index in [4.69, 9.17) is 0 Å². The van der Waals surface area contributed by atoms with Gasteiger partial charge in [0.1, 0.15) is 11.4 Å². The topological polar surface area (TPSA) is 88.0 Å². The minimum absolute atomic E-state index is 0.342. The highest BCUT2D eigenvalue weighted by Crippen LogP contribution is 2.17. The largest absolute Gasteiger partial charge is 0.349 e. The van der Waals surface area contributed by atoms with Gasteiger partial charge in [-0.25, -0.2) is 5.43 Å². The zero-order valence-corrected chi connectivity index (χ0v) is 11.9. The first-order valence-corrected chi connectivity index (χ1v) is 6.65. The Labute approximate surface area is 126 Å². The van der Waals surface area contributed by atoms with Gasteiger partial charge in [-0.3, -0.25) is 14.9 Å². The average Bonchev–Trinajstić information content (AvgIpc) is 3.17. The molecule has 3 aromatic rings. The number of hydrogen-bond donors (Lipinski definition) is 2. The number of aromatic nitrogens is 4. The van der Waals surface area contributed by atoms with Gasteiger partial charge in [-0.05, 0) is 30.3 Å². The fourth-order valence-corrected chi connectivity index (χ4v) is 1.97. The Morgan fingerprint density at radius 2 is 2.27 bits per heavy atom. The maximum atomic E-state index is 12.0. The number of H-pyrrole nitrogens is 1. The summed E-state index contributed by atoms with van der Waals surface area (Å²) in [5.41, 5.74) is 5.06. The third-order valence-corrected chi connectivity index (χ3v) is 3.08. The Kier molecular flexibility index (Phi) is 3.78. The van der Waals surface area contributed by atoms with Crippen molar-refractivity contribution >= 4 is 12.1 Å². The van der Waals surface area contributed by atoms with E-state index in [2.05, 4.69) is 25.7 Å². The molecular formula is C15H14N6O. The fourth-order valence-electron chi connectivity index (χ4n) is 1.97. The molecule has 22 heavy (non-hydrogen) atoms.